The molecule has 0 saturated heterocycles. The average Bonchev–Trinajstić information content (AvgIpc) is 3.01. The summed E-state index contributed by atoms with van der Waals surface area (Å²) in [6.07, 6.45) is 5.89. The quantitative estimate of drug-likeness (QED) is 0.749. The van der Waals surface area contributed by atoms with E-state index in [0.717, 1.165) is 25.7 Å². The lowest BCUT2D eigenvalue weighted by Gasteiger charge is -2.26. The molecule has 1 atom stereocenters. The number of carbonyl (C=O) groups is 1. The monoisotopic (exact) mass is 274 g/mol. The van der Waals surface area contributed by atoms with Gasteiger partial charge in [-0.1, -0.05) is 12.8 Å². The molecular formula is C12H22N2O3S. The second-order valence-electron chi connectivity index (χ2n) is 5.68. The van der Waals surface area contributed by atoms with E-state index in [-0.39, 0.29) is 11.9 Å². The minimum absolute atomic E-state index is 0.0352. The Labute approximate surface area is 108 Å². The van der Waals surface area contributed by atoms with Crippen LogP contribution in [0.3, 0.4) is 0 Å². The second kappa shape index (κ2) is 4.81. The Kier molecular flexibility index (Phi) is 3.69. The Morgan fingerprint density at radius 2 is 1.94 bits per heavy atom. The molecule has 0 bridgehead atoms. The largest absolute Gasteiger partial charge is 0.353 e. The molecular weight excluding hydrogens is 252 g/mol. The van der Waals surface area contributed by atoms with Crippen LogP contribution in [0.5, 0.6) is 0 Å². The third-order valence-corrected chi connectivity index (χ3v) is 6.27. The highest BCUT2D eigenvalue weighted by Crippen LogP contribution is 2.37. The highest BCUT2D eigenvalue weighted by atomic mass is 32.2. The van der Waals surface area contributed by atoms with Crippen molar-refractivity contribution in [3.63, 3.8) is 0 Å². The van der Waals surface area contributed by atoms with E-state index >= 15 is 0 Å². The van der Waals surface area contributed by atoms with Crippen LogP contribution in [0.2, 0.25) is 0 Å². The highest BCUT2D eigenvalue weighted by Gasteiger charge is 2.50. The van der Waals surface area contributed by atoms with Gasteiger partial charge < -0.3 is 11.1 Å². The summed E-state index contributed by atoms with van der Waals surface area (Å²) in [7, 11) is -3.37. The van der Waals surface area contributed by atoms with Crippen molar-refractivity contribution in [1.29, 1.82) is 0 Å². The normalized spacial score (nSPS) is 24.8. The number of rotatable bonds is 5. The van der Waals surface area contributed by atoms with Crippen LogP contribution in [0.4, 0.5) is 0 Å². The molecule has 2 aliphatic rings. The zero-order chi connectivity index (χ0) is 13.4. The lowest BCUT2D eigenvalue weighted by atomic mass is 10.1. The fraction of sp³-hybridized carbons (Fsp3) is 0.917. The Morgan fingerprint density at radius 1 is 1.39 bits per heavy atom. The van der Waals surface area contributed by atoms with E-state index in [1.807, 2.05) is 0 Å². The molecule has 3 N–H and O–H groups in total. The Bertz CT molecular complexity index is 423. The summed E-state index contributed by atoms with van der Waals surface area (Å²) in [6, 6.07) is -0.0352. The van der Waals surface area contributed by atoms with Gasteiger partial charge in [-0.3, -0.25) is 4.79 Å². The van der Waals surface area contributed by atoms with Crippen LogP contribution in [-0.2, 0) is 14.6 Å². The lowest BCUT2D eigenvalue weighted by Crippen LogP contribution is -2.52. The molecule has 1 unspecified atom stereocenters. The molecule has 104 valence electrons. The number of sulfone groups is 1. The Hall–Kier alpha value is -0.620. The van der Waals surface area contributed by atoms with Crippen LogP contribution in [0.1, 0.15) is 38.5 Å². The molecule has 2 rings (SSSR count). The Morgan fingerprint density at radius 3 is 2.39 bits per heavy atom. The molecule has 2 aliphatic carbocycles. The van der Waals surface area contributed by atoms with E-state index in [4.69, 9.17) is 5.73 Å². The minimum Gasteiger partial charge on any atom is -0.353 e. The van der Waals surface area contributed by atoms with E-state index in [1.54, 1.807) is 0 Å². The van der Waals surface area contributed by atoms with Gasteiger partial charge in [-0.2, -0.15) is 0 Å². The molecule has 0 aromatic carbocycles. The number of nitrogens with one attached hydrogen (secondary N) is 1. The SMILES string of the molecule is CS(=O)(=O)C1(C(=O)NCC(N)C2CC2)CCCC1. The van der Waals surface area contributed by atoms with Gasteiger partial charge in [-0.25, -0.2) is 8.42 Å². The van der Waals surface area contributed by atoms with E-state index in [1.165, 1.54) is 6.26 Å². The van der Waals surface area contributed by atoms with Gasteiger partial charge in [0.15, 0.2) is 9.84 Å². The average molecular weight is 274 g/mol. The van der Waals surface area contributed by atoms with Gasteiger partial charge in [-0.05, 0) is 31.6 Å². The van der Waals surface area contributed by atoms with Crippen LogP contribution < -0.4 is 11.1 Å². The smallest absolute Gasteiger partial charge is 0.241 e. The van der Waals surface area contributed by atoms with Gasteiger partial charge in [0.25, 0.3) is 0 Å². The predicted octanol–water partition coefficient (Wildman–Crippen LogP) is 0.197. The topological polar surface area (TPSA) is 89.3 Å². The maximum atomic E-state index is 12.2. The van der Waals surface area contributed by atoms with Crippen LogP contribution in [-0.4, -0.2) is 37.9 Å². The standard InChI is InChI=1S/C12H22N2O3S/c1-18(16,17)12(6-2-3-7-12)11(15)14-8-10(13)9-4-5-9/h9-10H,2-8,13H2,1H3,(H,14,15). The summed E-state index contributed by atoms with van der Waals surface area (Å²) in [6.45, 7) is 0.390. The third kappa shape index (κ3) is 2.54. The first kappa shape index (κ1) is 13.8. The van der Waals surface area contributed by atoms with Crippen LogP contribution in [0.15, 0.2) is 0 Å². The molecule has 0 radical (unpaired) electrons. The van der Waals surface area contributed by atoms with E-state index in [9.17, 15) is 13.2 Å². The van der Waals surface area contributed by atoms with Crippen molar-refractivity contribution in [2.75, 3.05) is 12.8 Å². The van der Waals surface area contributed by atoms with Gasteiger partial charge in [0.2, 0.25) is 5.91 Å². The predicted molar refractivity (Wildman–Crippen MR) is 69.8 cm³/mol. The molecule has 2 saturated carbocycles. The van der Waals surface area contributed by atoms with E-state index in [0.29, 0.717) is 25.3 Å². The maximum absolute atomic E-state index is 12.2. The first-order valence-electron chi connectivity index (χ1n) is 6.60. The maximum Gasteiger partial charge on any atom is 0.241 e. The second-order valence-corrected chi connectivity index (χ2v) is 8.01. The van der Waals surface area contributed by atoms with Crippen molar-refractivity contribution in [3.8, 4) is 0 Å². The zero-order valence-corrected chi connectivity index (χ0v) is 11.6. The molecule has 1 amide bonds. The fourth-order valence-electron chi connectivity index (χ4n) is 2.78. The van der Waals surface area contributed by atoms with Crippen molar-refractivity contribution in [1.82, 2.24) is 5.32 Å². The van der Waals surface area contributed by atoms with Crippen molar-refractivity contribution in [2.24, 2.45) is 11.7 Å². The molecule has 0 aromatic rings. The first-order chi connectivity index (χ1) is 8.37. The van der Waals surface area contributed by atoms with Gasteiger partial charge in [-0.15, -0.1) is 0 Å². The zero-order valence-electron chi connectivity index (χ0n) is 10.8. The third-order valence-electron chi connectivity index (χ3n) is 4.26. The summed E-state index contributed by atoms with van der Waals surface area (Å²) in [5.74, 6) is 0.154. The molecule has 0 spiro atoms. The molecule has 0 aromatic heterocycles. The van der Waals surface area contributed by atoms with Crippen molar-refractivity contribution >= 4 is 15.7 Å². The van der Waals surface area contributed by atoms with Crippen molar-refractivity contribution < 1.29 is 13.2 Å². The summed E-state index contributed by atoms with van der Waals surface area (Å²) in [5.41, 5.74) is 5.91. The van der Waals surface area contributed by atoms with Gasteiger partial charge in [0.05, 0.1) is 0 Å². The van der Waals surface area contributed by atoms with Gasteiger partial charge in [0, 0.05) is 18.8 Å². The van der Waals surface area contributed by atoms with E-state index in [2.05, 4.69) is 5.32 Å². The number of carbonyl (C=O) groups excluding carboxylic acids is 1. The van der Waals surface area contributed by atoms with Gasteiger partial charge >= 0.3 is 0 Å². The van der Waals surface area contributed by atoms with Crippen LogP contribution in [0, 0.1) is 5.92 Å². The van der Waals surface area contributed by atoms with Crippen molar-refractivity contribution in [3.05, 3.63) is 0 Å². The van der Waals surface area contributed by atoms with Crippen LogP contribution >= 0.6 is 0 Å². The lowest BCUT2D eigenvalue weighted by molar-refractivity contribution is -0.123. The molecule has 18 heavy (non-hydrogen) atoms. The number of amides is 1. The molecule has 5 nitrogen and oxygen atoms in total. The summed E-state index contributed by atoms with van der Waals surface area (Å²) < 4.78 is 22.6. The first-order valence-corrected chi connectivity index (χ1v) is 8.49. The number of hydrogen-bond acceptors (Lipinski definition) is 4. The van der Waals surface area contributed by atoms with E-state index < -0.39 is 14.6 Å². The summed E-state index contributed by atoms with van der Waals surface area (Å²) >= 11 is 0. The van der Waals surface area contributed by atoms with Crippen LogP contribution in [0.25, 0.3) is 0 Å². The van der Waals surface area contributed by atoms with Gasteiger partial charge in [0.1, 0.15) is 4.75 Å². The summed E-state index contributed by atoms with van der Waals surface area (Å²) in [4.78, 5) is 12.2. The molecule has 0 heterocycles. The highest BCUT2D eigenvalue weighted by molar-refractivity contribution is 7.92. The number of nitrogens with two attached hydrogens (primary N) is 1. The minimum atomic E-state index is -3.37. The molecule has 2 fully saturated rings. The number of hydrogen-bond donors (Lipinski definition) is 2. The van der Waals surface area contributed by atoms with Crippen molar-refractivity contribution in [2.45, 2.75) is 49.3 Å². The molecule has 6 heteroatoms. The fourth-order valence-corrected chi connectivity index (χ4v) is 4.21. The Balaban J connectivity index is 2.00. The summed E-state index contributed by atoms with van der Waals surface area (Å²) in [5, 5.41) is 2.75. The molecule has 0 aliphatic heterocycles.